The molecule has 6 nitrogen and oxygen atoms in total. The van der Waals surface area contributed by atoms with Gasteiger partial charge in [0.1, 0.15) is 0 Å². The van der Waals surface area contributed by atoms with E-state index in [1.165, 1.54) is 0 Å². The van der Waals surface area contributed by atoms with Gasteiger partial charge in [-0.15, -0.1) is 0 Å². The van der Waals surface area contributed by atoms with Gasteiger partial charge in [-0.1, -0.05) is 42.3 Å². The number of nitrogens with zero attached hydrogens (tertiary/aromatic N) is 1. The molecule has 1 unspecified atom stereocenters. The van der Waals surface area contributed by atoms with Gasteiger partial charge in [-0.2, -0.15) is 4.31 Å². The SMILES string of the molecule is Cc1ccc(NC(=O)NCCC2CCCCN2S(=O)(=O)c2ccccc2)cc1. The molecule has 3 rings (SSSR count). The number of hydrogen-bond donors (Lipinski definition) is 2. The van der Waals surface area contributed by atoms with E-state index in [2.05, 4.69) is 10.6 Å². The first kappa shape index (κ1) is 20.4. The molecular weight excluding hydrogens is 374 g/mol. The predicted molar refractivity (Wildman–Crippen MR) is 111 cm³/mol. The Balaban J connectivity index is 1.56. The number of carbonyl (C=O) groups is 1. The molecule has 1 atom stereocenters. The van der Waals surface area contributed by atoms with E-state index >= 15 is 0 Å². The molecule has 150 valence electrons. The number of piperidine rings is 1. The van der Waals surface area contributed by atoms with E-state index in [0.717, 1.165) is 30.5 Å². The maximum Gasteiger partial charge on any atom is 0.319 e. The fraction of sp³-hybridized carbons (Fsp3) is 0.381. The second kappa shape index (κ2) is 9.21. The summed E-state index contributed by atoms with van der Waals surface area (Å²) in [6.07, 6.45) is 3.27. The largest absolute Gasteiger partial charge is 0.338 e. The van der Waals surface area contributed by atoms with E-state index in [1.54, 1.807) is 28.6 Å². The Morgan fingerprint density at radius 2 is 1.79 bits per heavy atom. The lowest BCUT2D eigenvalue weighted by molar-refractivity contribution is 0.234. The van der Waals surface area contributed by atoms with Crippen molar-refractivity contribution in [3.8, 4) is 0 Å². The lowest BCUT2D eigenvalue weighted by atomic mass is 10.0. The van der Waals surface area contributed by atoms with E-state index in [-0.39, 0.29) is 12.1 Å². The Bertz CT molecular complexity index is 883. The van der Waals surface area contributed by atoms with Gasteiger partial charge in [0.05, 0.1) is 4.90 Å². The number of sulfonamides is 1. The average Bonchev–Trinajstić information content (AvgIpc) is 2.71. The first-order chi connectivity index (χ1) is 13.5. The van der Waals surface area contributed by atoms with E-state index in [9.17, 15) is 13.2 Å². The molecule has 1 aliphatic heterocycles. The second-order valence-electron chi connectivity index (χ2n) is 7.11. The summed E-state index contributed by atoms with van der Waals surface area (Å²) in [6.45, 7) is 2.93. The highest BCUT2D eigenvalue weighted by atomic mass is 32.2. The highest BCUT2D eigenvalue weighted by Gasteiger charge is 2.33. The molecular formula is C21H27N3O3S. The normalized spacial score (nSPS) is 17.8. The molecule has 28 heavy (non-hydrogen) atoms. The van der Waals surface area contributed by atoms with Crippen LogP contribution in [0.25, 0.3) is 0 Å². The van der Waals surface area contributed by atoms with Gasteiger partial charge in [0.15, 0.2) is 0 Å². The molecule has 2 aromatic carbocycles. The van der Waals surface area contributed by atoms with Crippen LogP contribution in [0.5, 0.6) is 0 Å². The van der Waals surface area contributed by atoms with Gasteiger partial charge in [-0.3, -0.25) is 0 Å². The van der Waals surface area contributed by atoms with Crippen LogP contribution in [0.3, 0.4) is 0 Å². The van der Waals surface area contributed by atoms with Gasteiger partial charge in [-0.25, -0.2) is 13.2 Å². The quantitative estimate of drug-likeness (QED) is 0.774. The Kier molecular flexibility index (Phi) is 6.70. The van der Waals surface area contributed by atoms with E-state index in [1.807, 2.05) is 37.3 Å². The van der Waals surface area contributed by atoms with Crippen LogP contribution in [-0.4, -0.2) is 37.9 Å². The van der Waals surface area contributed by atoms with Crippen molar-refractivity contribution in [2.24, 2.45) is 0 Å². The summed E-state index contributed by atoms with van der Waals surface area (Å²) in [5.41, 5.74) is 1.86. The van der Waals surface area contributed by atoms with Crippen LogP contribution >= 0.6 is 0 Å². The molecule has 0 radical (unpaired) electrons. The lowest BCUT2D eigenvalue weighted by Gasteiger charge is -2.34. The van der Waals surface area contributed by atoms with Crippen LogP contribution in [0.1, 0.15) is 31.2 Å². The summed E-state index contributed by atoms with van der Waals surface area (Å²) in [7, 11) is -3.51. The van der Waals surface area contributed by atoms with Crippen molar-refractivity contribution in [2.75, 3.05) is 18.4 Å². The molecule has 0 aromatic heterocycles. The molecule has 0 bridgehead atoms. The zero-order chi connectivity index (χ0) is 20.0. The standard InChI is InChI=1S/C21H27N3O3S/c1-17-10-12-18(13-11-17)23-21(25)22-15-14-19-7-5-6-16-24(19)28(26,27)20-8-3-2-4-9-20/h2-4,8-13,19H,5-7,14-16H2,1H3,(H2,22,23,25). The van der Waals surface area contributed by atoms with Crippen LogP contribution in [0, 0.1) is 6.92 Å². The summed E-state index contributed by atoms with van der Waals surface area (Å²) in [6, 6.07) is 15.7. The number of amides is 2. The molecule has 0 saturated carbocycles. The summed E-state index contributed by atoms with van der Waals surface area (Å²) in [5.74, 6) is 0. The van der Waals surface area contributed by atoms with E-state index in [0.29, 0.717) is 24.4 Å². The minimum Gasteiger partial charge on any atom is -0.338 e. The maximum absolute atomic E-state index is 13.0. The predicted octanol–water partition coefficient (Wildman–Crippen LogP) is 3.75. The number of carbonyl (C=O) groups excluding carboxylic acids is 1. The number of urea groups is 1. The van der Waals surface area contributed by atoms with E-state index in [4.69, 9.17) is 0 Å². The minimum absolute atomic E-state index is 0.0985. The molecule has 2 amide bonds. The highest BCUT2D eigenvalue weighted by Crippen LogP contribution is 2.26. The van der Waals surface area contributed by atoms with Crippen molar-refractivity contribution < 1.29 is 13.2 Å². The topological polar surface area (TPSA) is 78.5 Å². The number of benzene rings is 2. The first-order valence-corrected chi connectivity index (χ1v) is 11.1. The van der Waals surface area contributed by atoms with Crippen molar-refractivity contribution in [1.82, 2.24) is 9.62 Å². The summed E-state index contributed by atoms with van der Waals surface area (Å²) >= 11 is 0. The third kappa shape index (κ3) is 5.11. The smallest absolute Gasteiger partial charge is 0.319 e. The molecule has 1 fully saturated rings. The average molecular weight is 402 g/mol. The second-order valence-corrected chi connectivity index (χ2v) is 9.00. The Hall–Kier alpha value is -2.38. The monoisotopic (exact) mass is 401 g/mol. The lowest BCUT2D eigenvalue weighted by Crippen LogP contribution is -2.45. The molecule has 1 aliphatic rings. The first-order valence-electron chi connectivity index (χ1n) is 9.65. The van der Waals surface area contributed by atoms with E-state index < -0.39 is 10.0 Å². The van der Waals surface area contributed by atoms with Crippen molar-refractivity contribution in [2.45, 2.75) is 43.5 Å². The van der Waals surface area contributed by atoms with Gasteiger partial charge in [0, 0.05) is 24.8 Å². The number of aryl methyl sites for hydroxylation is 1. The number of anilines is 1. The van der Waals surface area contributed by atoms with Crippen LogP contribution in [0.4, 0.5) is 10.5 Å². The Morgan fingerprint density at radius 1 is 1.07 bits per heavy atom. The van der Waals surface area contributed by atoms with Gasteiger partial charge >= 0.3 is 6.03 Å². The minimum atomic E-state index is -3.51. The van der Waals surface area contributed by atoms with Crippen molar-refractivity contribution >= 4 is 21.7 Å². The molecule has 2 aromatic rings. The molecule has 1 saturated heterocycles. The molecule has 0 spiro atoms. The summed E-state index contributed by atoms with van der Waals surface area (Å²) in [5, 5.41) is 5.63. The van der Waals surface area contributed by atoms with Gasteiger partial charge in [0.2, 0.25) is 10.0 Å². The van der Waals surface area contributed by atoms with Crippen molar-refractivity contribution in [3.63, 3.8) is 0 Å². The van der Waals surface area contributed by atoms with Crippen LogP contribution < -0.4 is 10.6 Å². The fourth-order valence-corrected chi connectivity index (χ4v) is 5.22. The van der Waals surface area contributed by atoms with Crippen LogP contribution in [0.2, 0.25) is 0 Å². The van der Waals surface area contributed by atoms with Gasteiger partial charge in [0.25, 0.3) is 0 Å². The zero-order valence-corrected chi connectivity index (χ0v) is 16.9. The fourth-order valence-electron chi connectivity index (χ4n) is 3.47. The van der Waals surface area contributed by atoms with Gasteiger partial charge in [-0.05, 0) is 50.5 Å². The number of rotatable bonds is 6. The number of nitrogens with one attached hydrogen (secondary N) is 2. The Morgan fingerprint density at radius 3 is 2.50 bits per heavy atom. The van der Waals surface area contributed by atoms with Crippen molar-refractivity contribution in [3.05, 3.63) is 60.2 Å². The van der Waals surface area contributed by atoms with Gasteiger partial charge < -0.3 is 10.6 Å². The molecule has 7 heteroatoms. The summed E-state index contributed by atoms with van der Waals surface area (Å²) < 4.78 is 27.6. The maximum atomic E-state index is 13.0. The molecule has 2 N–H and O–H groups in total. The third-order valence-corrected chi connectivity index (χ3v) is 6.96. The molecule has 0 aliphatic carbocycles. The highest BCUT2D eigenvalue weighted by molar-refractivity contribution is 7.89. The third-order valence-electron chi connectivity index (χ3n) is 5.00. The van der Waals surface area contributed by atoms with Crippen LogP contribution in [0.15, 0.2) is 59.5 Å². The summed E-state index contributed by atoms with van der Waals surface area (Å²) in [4.78, 5) is 12.4. The zero-order valence-electron chi connectivity index (χ0n) is 16.1. The van der Waals surface area contributed by atoms with Crippen LogP contribution in [-0.2, 0) is 10.0 Å². The number of hydrogen-bond acceptors (Lipinski definition) is 3. The molecule has 1 heterocycles. The Labute approximate surface area is 167 Å². The van der Waals surface area contributed by atoms with Crippen molar-refractivity contribution in [1.29, 1.82) is 0 Å².